The number of rotatable bonds is 7. The molecule has 0 aliphatic heterocycles. The van der Waals surface area contributed by atoms with Gasteiger partial charge in [0.05, 0.1) is 6.04 Å². The predicted molar refractivity (Wildman–Crippen MR) is 101 cm³/mol. The molecule has 1 aromatic carbocycles. The lowest BCUT2D eigenvalue weighted by Gasteiger charge is -2.16. The van der Waals surface area contributed by atoms with E-state index in [4.69, 9.17) is 33.7 Å². The number of nitrogens with zero attached hydrogens (tertiary/aromatic N) is 1. The summed E-state index contributed by atoms with van der Waals surface area (Å²) in [4.78, 5) is 4.24. The molecule has 7 heteroatoms. The van der Waals surface area contributed by atoms with E-state index in [1.165, 1.54) is 0 Å². The van der Waals surface area contributed by atoms with Gasteiger partial charge in [-0.1, -0.05) is 29.3 Å². The first-order valence-corrected chi connectivity index (χ1v) is 7.39. The van der Waals surface area contributed by atoms with Gasteiger partial charge in [0, 0.05) is 29.8 Å². The van der Waals surface area contributed by atoms with E-state index in [0.29, 0.717) is 29.2 Å². The average molecular weight is 446 g/mol. The summed E-state index contributed by atoms with van der Waals surface area (Å²) < 4.78 is 5.23. The predicted octanol–water partition coefficient (Wildman–Crippen LogP) is 4.00. The van der Waals surface area contributed by atoms with Crippen molar-refractivity contribution in [2.75, 3.05) is 19.8 Å². The Hall–Kier alpha value is -0.240. The number of benzene rings is 1. The molecule has 1 unspecified atom stereocenters. The van der Waals surface area contributed by atoms with Crippen molar-refractivity contribution in [3.05, 3.63) is 33.8 Å². The van der Waals surface area contributed by atoms with Gasteiger partial charge in [-0.3, -0.25) is 4.99 Å². The van der Waals surface area contributed by atoms with Crippen molar-refractivity contribution in [2.24, 2.45) is 10.7 Å². The molecular formula is C14H22Cl2IN3O. The number of ether oxygens (including phenoxy) is 1. The molecule has 3 N–H and O–H groups in total. The zero-order chi connectivity index (χ0) is 15.0. The molecule has 0 aromatic heterocycles. The Labute approximate surface area is 153 Å². The molecule has 0 heterocycles. The summed E-state index contributed by atoms with van der Waals surface area (Å²) in [7, 11) is 0. The molecule has 0 fully saturated rings. The molecule has 0 aliphatic carbocycles. The van der Waals surface area contributed by atoms with E-state index < -0.39 is 0 Å². The summed E-state index contributed by atoms with van der Waals surface area (Å²) in [5.41, 5.74) is 6.77. The van der Waals surface area contributed by atoms with Gasteiger partial charge >= 0.3 is 0 Å². The molecule has 1 aromatic rings. The number of aliphatic imine (C=N–C) groups is 1. The van der Waals surface area contributed by atoms with Crippen LogP contribution in [0.25, 0.3) is 0 Å². The average Bonchev–Trinajstić information content (AvgIpc) is 2.38. The van der Waals surface area contributed by atoms with Crippen molar-refractivity contribution in [1.82, 2.24) is 5.32 Å². The zero-order valence-electron chi connectivity index (χ0n) is 12.2. The number of guanidine groups is 1. The number of nitrogens with one attached hydrogen (secondary N) is 1. The highest BCUT2D eigenvalue weighted by Gasteiger charge is 2.10. The van der Waals surface area contributed by atoms with E-state index in [1.807, 2.05) is 19.9 Å². The lowest BCUT2D eigenvalue weighted by molar-refractivity contribution is 0.146. The van der Waals surface area contributed by atoms with E-state index in [2.05, 4.69) is 10.3 Å². The van der Waals surface area contributed by atoms with Crippen molar-refractivity contribution in [3.8, 4) is 0 Å². The van der Waals surface area contributed by atoms with Crippen LogP contribution in [0.3, 0.4) is 0 Å². The molecule has 1 rings (SSSR count). The van der Waals surface area contributed by atoms with E-state index in [1.54, 1.807) is 12.1 Å². The molecule has 4 nitrogen and oxygen atoms in total. The minimum atomic E-state index is -0.0320. The number of nitrogens with two attached hydrogens (primary N) is 1. The first-order chi connectivity index (χ1) is 9.54. The fraction of sp³-hybridized carbons (Fsp3) is 0.500. The first kappa shape index (κ1) is 20.8. The summed E-state index contributed by atoms with van der Waals surface area (Å²) in [6, 6.07) is 5.36. The molecule has 1 atom stereocenters. The second-order valence-corrected chi connectivity index (χ2v) is 5.19. The Kier molecular flexibility index (Phi) is 11.2. The van der Waals surface area contributed by atoms with Crippen LogP contribution < -0.4 is 11.1 Å². The normalized spacial score (nSPS) is 12.7. The molecule has 0 amide bonds. The summed E-state index contributed by atoms with van der Waals surface area (Å²) >= 11 is 12.0. The van der Waals surface area contributed by atoms with Crippen LogP contribution in [0.5, 0.6) is 0 Å². The largest absolute Gasteiger partial charge is 0.382 e. The van der Waals surface area contributed by atoms with Crippen LogP contribution in [0, 0.1) is 0 Å². The fourth-order valence-corrected chi connectivity index (χ4v) is 2.28. The topological polar surface area (TPSA) is 59.6 Å². The third-order valence-corrected chi connectivity index (χ3v) is 3.29. The molecule has 0 aliphatic rings. The van der Waals surface area contributed by atoms with Crippen molar-refractivity contribution < 1.29 is 4.74 Å². The van der Waals surface area contributed by atoms with Crippen molar-refractivity contribution >= 4 is 53.1 Å². The van der Waals surface area contributed by atoms with Gasteiger partial charge in [0.1, 0.15) is 0 Å². The smallest absolute Gasteiger partial charge is 0.189 e. The molecule has 0 radical (unpaired) electrons. The van der Waals surface area contributed by atoms with Gasteiger partial charge in [0.25, 0.3) is 0 Å². The van der Waals surface area contributed by atoms with Crippen LogP contribution >= 0.6 is 47.2 Å². The summed E-state index contributed by atoms with van der Waals surface area (Å²) in [5, 5.41) is 4.33. The number of hydrogen-bond acceptors (Lipinski definition) is 2. The lowest BCUT2D eigenvalue weighted by atomic mass is 10.1. The fourth-order valence-electron chi connectivity index (χ4n) is 1.71. The third kappa shape index (κ3) is 8.09. The number of halogens is 3. The Morgan fingerprint density at radius 2 is 2.14 bits per heavy atom. The van der Waals surface area contributed by atoms with Crippen LogP contribution in [-0.2, 0) is 4.74 Å². The first-order valence-electron chi connectivity index (χ1n) is 6.63. The highest BCUT2D eigenvalue weighted by Crippen LogP contribution is 2.25. The standard InChI is InChI=1S/C14H21Cl2N3O.HI/c1-3-20-8-4-7-18-14(17)19-10(2)12-6-5-11(15)9-13(12)16;/h5-6,9-10H,3-4,7-8H2,1-2H3,(H3,17,18,19);1H. The van der Waals surface area contributed by atoms with E-state index >= 15 is 0 Å². The quantitative estimate of drug-likeness (QED) is 0.288. The maximum atomic E-state index is 6.15. The van der Waals surface area contributed by atoms with Crippen molar-refractivity contribution in [1.29, 1.82) is 0 Å². The van der Waals surface area contributed by atoms with Gasteiger partial charge in [0.2, 0.25) is 0 Å². The van der Waals surface area contributed by atoms with E-state index in [-0.39, 0.29) is 30.0 Å². The van der Waals surface area contributed by atoms with E-state index in [0.717, 1.165) is 18.6 Å². The highest BCUT2D eigenvalue weighted by atomic mass is 127. The molecule has 0 saturated heterocycles. The molecule has 0 saturated carbocycles. The molecule has 120 valence electrons. The van der Waals surface area contributed by atoms with Crippen LogP contribution in [0.1, 0.15) is 31.9 Å². The minimum absolute atomic E-state index is 0. The van der Waals surface area contributed by atoms with Crippen LogP contribution in [0.15, 0.2) is 23.2 Å². The van der Waals surface area contributed by atoms with Gasteiger partial charge in [-0.05, 0) is 38.0 Å². The molecule has 0 spiro atoms. The summed E-state index contributed by atoms with van der Waals surface area (Å²) in [6.45, 7) is 6.00. The Bertz CT molecular complexity index is 458. The monoisotopic (exact) mass is 445 g/mol. The summed E-state index contributed by atoms with van der Waals surface area (Å²) in [5.74, 6) is 0.403. The van der Waals surface area contributed by atoms with E-state index in [9.17, 15) is 0 Å². The Morgan fingerprint density at radius 1 is 1.43 bits per heavy atom. The van der Waals surface area contributed by atoms with Crippen LogP contribution in [0.2, 0.25) is 10.0 Å². The second kappa shape index (κ2) is 11.3. The molecule has 0 bridgehead atoms. The minimum Gasteiger partial charge on any atom is -0.382 e. The maximum absolute atomic E-state index is 6.15. The van der Waals surface area contributed by atoms with Crippen LogP contribution in [-0.4, -0.2) is 25.7 Å². The van der Waals surface area contributed by atoms with Gasteiger partial charge in [-0.15, -0.1) is 24.0 Å². The third-order valence-electron chi connectivity index (χ3n) is 2.73. The van der Waals surface area contributed by atoms with Crippen molar-refractivity contribution in [3.63, 3.8) is 0 Å². The maximum Gasteiger partial charge on any atom is 0.189 e. The number of hydrogen-bond donors (Lipinski definition) is 2. The summed E-state index contributed by atoms with van der Waals surface area (Å²) in [6.07, 6.45) is 0.853. The Balaban J connectivity index is 0.00000400. The van der Waals surface area contributed by atoms with Gasteiger partial charge < -0.3 is 15.8 Å². The molecular weight excluding hydrogens is 424 g/mol. The molecule has 21 heavy (non-hydrogen) atoms. The Morgan fingerprint density at radius 3 is 2.76 bits per heavy atom. The SMILES string of the molecule is CCOCCCN=C(N)NC(C)c1ccc(Cl)cc1Cl.I. The lowest BCUT2D eigenvalue weighted by Crippen LogP contribution is -2.34. The second-order valence-electron chi connectivity index (χ2n) is 4.35. The van der Waals surface area contributed by atoms with Crippen LogP contribution in [0.4, 0.5) is 0 Å². The van der Waals surface area contributed by atoms with Gasteiger partial charge in [-0.2, -0.15) is 0 Å². The van der Waals surface area contributed by atoms with Crippen molar-refractivity contribution in [2.45, 2.75) is 26.3 Å². The highest BCUT2D eigenvalue weighted by molar-refractivity contribution is 14.0. The zero-order valence-corrected chi connectivity index (χ0v) is 16.1. The van der Waals surface area contributed by atoms with Gasteiger partial charge in [-0.25, -0.2) is 0 Å². The van der Waals surface area contributed by atoms with Gasteiger partial charge in [0.15, 0.2) is 5.96 Å².